The molecule has 286 valence electrons. The van der Waals surface area contributed by atoms with E-state index in [1.165, 1.54) is 80.6 Å². The summed E-state index contributed by atoms with van der Waals surface area (Å²) in [5, 5.41) is 7.50. The van der Waals surface area contributed by atoms with E-state index in [1.807, 2.05) is 11.3 Å². The normalized spacial score (nSPS) is 11.6. The maximum Gasteiger partial charge on any atom is 0.0562 e. The maximum atomic E-state index is 2.49. The molecular formula is C58H38N2S. The zero-order valence-corrected chi connectivity index (χ0v) is 34.1. The lowest BCUT2D eigenvalue weighted by Gasteiger charge is -2.29. The Morgan fingerprint density at radius 2 is 0.918 bits per heavy atom. The van der Waals surface area contributed by atoms with Crippen LogP contribution in [-0.4, -0.2) is 4.57 Å². The smallest absolute Gasteiger partial charge is 0.0562 e. The molecule has 0 fully saturated rings. The molecule has 0 atom stereocenters. The van der Waals surface area contributed by atoms with Crippen molar-refractivity contribution in [3.63, 3.8) is 0 Å². The summed E-state index contributed by atoms with van der Waals surface area (Å²) in [6, 6.07) is 84.2. The summed E-state index contributed by atoms with van der Waals surface area (Å²) in [5.74, 6) is 0. The van der Waals surface area contributed by atoms with Gasteiger partial charge in [-0.2, -0.15) is 0 Å². The Hall–Kier alpha value is -7.72. The van der Waals surface area contributed by atoms with Gasteiger partial charge in [0.05, 0.1) is 22.4 Å². The van der Waals surface area contributed by atoms with Crippen molar-refractivity contribution in [1.82, 2.24) is 4.57 Å². The Morgan fingerprint density at radius 1 is 0.344 bits per heavy atom. The molecule has 0 bridgehead atoms. The molecule has 0 aliphatic carbocycles. The minimum absolute atomic E-state index is 1.09. The summed E-state index contributed by atoms with van der Waals surface area (Å²) in [4.78, 5) is 2.49. The molecule has 0 amide bonds. The van der Waals surface area contributed by atoms with E-state index in [4.69, 9.17) is 0 Å². The van der Waals surface area contributed by atoms with Crippen molar-refractivity contribution >= 4 is 81.1 Å². The summed E-state index contributed by atoms with van der Waals surface area (Å²) >= 11 is 1.88. The van der Waals surface area contributed by atoms with Gasteiger partial charge in [0.2, 0.25) is 0 Å². The van der Waals surface area contributed by atoms with E-state index in [9.17, 15) is 0 Å². The standard InChI is InChI=1S/C58H38N2S/c1-3-17-39(18-4-1)44-26-13-19-41-20-14-28-48(56(41)44)46-23-7-10-30-51(46)60(43-37-35-40(36-38-43)45-27-15-29-49-47-24-9-12-34-55(47)61-58(45)49)54-33-16-32-53-57(54)50-25-8-11-31-52(50)59(53)42-21-5-2-6-22-42/h1-38H. The molecule has 0 saturated carbocycles. The monoisotopic (exact) mass is 794 g/mol. The minimum atomic E-state index is 1.09. The topological polar surface area (TPSA) is 8.17 Å². The van der Waals surface area contributed by atoms with Crippen LogP contribution in [-0.2, 0) is 0 Å². The number of hydrogen-bond acceptors (Lipinski definition) is 2. The Morgan fingerprint density at radius 3 is 1.75 bits per heavy atom. The van der Waals surface area contributed by atoms with Crippen molar-refractivity contribution in [3.05, 3.63) is 231 Å². The van der Waals surface area contributed by atoms with E-state index in [0.717, 1.165) is 28.3 Å². The van der Waals surface area contributed by atoms with Crippen LogP contribution in [0, 0.1) is 0 Å². The van der Waals surface area contributed by atoms with E-state index >= 15 is 0 Å². The first-order valence-corrected chi connectivity index (χ1v) is 21.7. The third-order valence-electron chi connectivity index (χ3n) is 12.2. The molecule has 2 heterocycles. The molecule has 12 aromatic rings. The predicted octanol–water partition coefficient (Wildman–Crippen LogP) is 16.8. The Balaban J connectivity index is 1.12. The van der Waals surface area contributed by atoms with Gasteiger partial charge in [0, 0.05) is 47.9 Å². The first-order chi connectivity index (χ1) is 30.3. The van der Waals surface area contributed by atoms with Gasteiger partial charge in [0.25, 0.3) is 0 Å². The molecule has 2 nitrogen and oxygen atoms in total. The number of rotatable bonds is 7. The van der Waals surface area contributed by atoms with Crippen LogP contribution in [0.25, 0.3) is 91.8 Å². The minimum Gasteiger partial charge on any atom is -0.309 e. The van der Waals surface area contributed by atoms with Crippen LogP contribution in [0.2, 0.25) is 0 Å². The van der Waals surface area contributed by atoms with Crippen LogP contribution < -0.4 is 4.90 Å². The Kier molecular flexibility index (Phi) is 8.39. The molecule has 2 aromatic heterocycles. The molecule has 0 radical (unpaired) electrons. The summed E-state index contributed by atoms with van der Waals surface area (Å²) in [6.45, 7) is 0. The molecule has 0 aliphatic rings. The first-order valence-electron chi connectivity index (χ1n) is 20.9. The fourth-order valence-corrected chi connectivity index (χ4v) is 10.8. The average molecular weight is 795 g/mol. The van der Waals surface area contributed by atoms with Gasteiger partial charge in [0.15, 0.2) is 0 Å². The SMILES string of the molecule is c1ccc(-c2cccc3cccc(-c4ccccc4N(c4ccc(-c5cccc6c5sc5ccccc56)cc4)c4cccc5c4c4ccccc4n5-c4ccccc4)c23)cc1. The molecule has 0 saturated heterocycles. The highest BCUT2D eigenvalue weighted by Gasteiger charge is 2.24. The maximum absolute atomic E-state index is 2.49. The van der Waals surface area contributed by atoms with Crippen LogP contribution in [0.15, 0.2) is 231 Å². The summed E-state index contributed by atoms with van der Waals surface area (Å²) in [6.07, 6.45) is 0. The van der Waals surface area contributed by atoms with Crippen LogP contribution in [0.3, 0.4) is 0 Å². The van der Waals surface area contributed by atoms with Gasteiger partial charge in [0.1, 0.15) is 0 Å². The number of hydrogen-bond donors (Lipinski definition) is 0. The highest BCUT2D eigenvalue weighted by Crippen LogP contribution is 2.49. The molecule has 0 spiro atoms. The van der Waals surface area contributed by atoms with Crippen LogP contribution in [0.1, 0.15) is 0 Å². The van der Waals surface area contributed by atoms with Gasteiger partial charge in [-0.25, -0.2) is 0 Å². The number of aromatic nitrogens is 1. The van der Waals surface area contributed by atoms with E-state index in [1.54, 1.807) is 0 Å². The fraction of sp³-hybridized carbons (Fsp3) is 0. The number of benzene rings is 10. The van der Waals surface area contributed by atoms with Crippen molar-refractivity contribution < 1.29 is 0 Å². The number of thiophene rings is 1. The van der Waals surface area contributed by atoms with Gasteiger partial charge in [-0.15, -0.1) is 11.3 Å². The molecule has 10 aromatic carbocycles. The third kappa shape index (κ3) is 5.78. The van der Waals surface area contributed by atoms with Crippen molar-refractivity contribution in [2.24, 2.45) is 0 Å². The molecule has 0 N–H and O–H groups in total. The highest BCUT2D eigenvalue weighted by atomic mass is 32.1. The largest absolute Gasteiger partial charge is 0.309 e. The van der Waals surface area contributed by atoms with Crippen molar-refractivity contribution in [2.45, 2.75) is 0 Å². The lowest BCUT2D eigenvalue weighted by atomic mass is 9.90. The first kappa shape index (κ1) is 35.2. The number of para-hydroxylation sites is 3. The van der Waals surface area contributed by atoms with Crippen molar-refractivity contribution in [3.8, 4) is 39.1 Å². The summed E-state index contributed by atoms with van der Waals surface area (Å²) < 4.78 is 5.04. The molecule has 0 aliphatic heterocycles. The second-order valence-electron chi connectivity index (χ2n) is 15.6. The van der Waals surface area contributed by atoms with Crippen molar-refractivity contribution in [1.29, 1.82) is 0 Å². The zero-order valence-electron chi connectivity index (χ0n) is 33.2. The van der Waals surface area contributed by atoms with Gasteiger partial charge in [-0.1, -0.05) is 176 Å². The van der Waals surface area contributed by atoms with Crippen molar-refractivity contribution in [2.75, 3.05) is 4.90 Å². The van der Waals surface area contributed by atoms with Crippen LogP contribution in [0.4, 0.5) is 17.1 Å². The van der Waals surface area contributed by atoms with E-state index in [2.05, 4.69) is 240 Å². The van der Waals surface area contributed by atoms with E-state index in [0.29, 0.717) is 0 Å². The second-order valence-corrected chi connectivity index (χ2v) is 16.7. The number of nitrogens with zero attached hydrogens (tertiary/aromatic N) is 2. The molecular weight excluding hydrogens is 757 g/mol. The molecule has 3 heteroatoms. The van der Waals surface area contributed by atoms with Gasteiger partial charge in [-0.3, -0.25) is 0 Å². The highest BCUT2D eigenvalue weighted by molar-refractivity contribution is 7.26. The Bertz CT molecular complexity index is 3580. The van der Waals surface area contributed by atoms with Crippen LogP contribution >= 0.6 is 11.3 Å². The quantitative estimate of drug-likeness (QED) is 0.156. The van der Waals surface area contributed by atoms with Gasteiger partial charge >= 0.3 is 0 Å². The predicted molar refractivity (Wildman–Crippen MR) is 262 cm³/mol. The second kappa shape index (κ2) is 14.5. The van der Waals surface area contributed by atoms with Crippen LogP contribution in [0.5, 0.6) is 0 Å². The Labute approximate surface area is 358 Å². The third-order valence-corrected chi connectivity index (χ3v) is 13.4. The lowest BCUT2D eigenvalue weighted by molar-refractivity contribution is 1.18. The van der Waals surface area contributed by atoms with E-state index in [-0.39, 0.29) is 0 Å². The zero-order chi connectivity index (χ0) is 40.3. The van der Waals surface area contributed by atoms with Gasteiger partial charge < -0.3 is 9.47 Å². The molecule has 61 heavy (non-hydrogen) atoms. The fourth-order valence-electron chi connectivity index (χ4n) is 9.53. The van der Waals surface area contributed by atoms with E-state index < -0.39 is 0 Å². The summed E-state index contributed by atoms with van der Waals surface area (Å²) in [7, 11) is 0. The van der Waals surface area contributed by atoms with Gasteiger partial charge in [-0.05, 0) is 93.2 Å². The lowest BCUT2D eigenvalue weighted by Crippen LogP contribution is -2.12. The summed E-state index contributed by atoms with van der Waals surface area (Å²) in [5.41, 5.74) is 14.1. The number of fused-ring (bicyclic) bond motifs is 7. The average Bonchev–Trinajstić information content (AvgIpc) is 3.89. The molecule has 0 unspecified atom stereocenters. The number of anilines is 3. The molecule has 12 rings (SSSR count).